The van der Waals surface area contributed by atoms with Gasteiger partial charge in [-0.15, -0.1) is 11.3 Å². The van der Waals surface area contributed by atoms with E-state index in [0.29, 0.717) is 30.8 Å². The summed E-state index contributed by atoms with van der Waals surface area (Å²) in [7, 11) is 0. The molecule has 0 unspecified atom stereocenters. The Bertz CT molecular complexity index is 1360. The van der Waals surface area contributed by atoms with Gasteiger partial charge >= 0.3 is 0 Å². The largest absolute Gasteiger partial charge is 0.486 e. The first-order chi connectivity index (χ1) is 17.2. The van der Waals surface area contributed by atoms with Crippen LogP contribution in [0.1, 0.15) is 24.8 Å². The maximum absolute atomic E-state index is 12.8. The standard InChI is InChI=1S/C28H27N3O3S/c32-27(30-28-29-24(18-35-28)20-8-11-25-26(16-20)34-15-14-33-25)12-13-31(22-9-10-22)17-21-6-3-5-19-4-1-2-7-23(19)21/h1-8,11,16,18,22H,9-10,12-15,17H2,(H,29,30,32). The predicted molar refractivity (Wildman–Crippen MR) is 139 cm³/mol. The van der Waals surface area contributed by atoms with Gasteiger partial charge in [-0.3, -0.25) is 9.69 Å². The third-order valence-corrected chi connectivity index (χ3v) is 7.29. The van der Waals surface area contributed by atoms with Crippen LogP contribution in [0.3, 0.4) is 0 Å². The molecule has 1 aromatic heterocycles. The lowest BCUT2D eigenvalue weighted by molar-refractivity contribution is -0.116. The second kappa shape index (κ2) is 9.68. The number of hydrogen-bond acceptors (Lipinski definition) is 6. The monoisotopic (exact) mass is 485 g/mol. The van der Waals surface area contributed by atoms with Gasteiger partial charge in [0.15, 0.2) is 16.6 Å². The molecule has 1 saturated carbocycles. The third-order valence-electron chi connectivity index (χ3n) is 6.53. The Kier molecular flexibility index (Phi) is 6.10. The van der Waals surface area contributed by atoms with E-state index in [-0.39, 0.29) is 5.91 Å². The molecule has 35 heavy (non-hydrogen) atoms. The second-order valence-corrected chi connectivity index (χ2v) is 9.89. The summed E-state index contributed by atoms with van der Waals surface area (Å²) in [6, 6.07) is 21.4. The first-order valence-corrected chi connectivity index (χ1v) is 13.0. The van der Waals surface area contributed by atoms with Crippen molar-refractivity contribution in [3.63, 3.8) is 0 Å². The highest BCUT2D eigenvalue weighted by Gasteiger charge is 2.29. The van der Waals surface area contributed by atoms with Gasteiger partial charge in [-0.2, -0.15) is 0 Å². The van der Waals surface area contributed by atoms with E-state index in [0.717, 1.165) is 35.8 Å². The van der Waals surface area contributed by atoms with Crippen molar-refractivity contribution in [3.8, 4) is 22.8 Å². The van der Waals surface area contributed by atoms with Gasteiger partial charge in [-0.05, 0) is 47.4 Å². The topological polar surface area (TPSA) is 63.7 Å². The quantitative estimate of drug-likeness (QED) is 0.345. The van der Waals surface area contributed by atoms with Gasteiger partial charge in [-0.25, -0.2) is 4.98 Å². The first-order valence-electron chi connectivity index (χ1n) is 12.1. The zero-order chi connectivity index (χ0) is 23.6. The number of aromatic nitrogens is 1. The summed E-state index contributed by atoms with van der Waals surface area (Å²) in [5, 5.41) is 8.11. The third kappa shape index (κ3) is 5.01. The van der Waals surface area contributed by atoms with E-state index in [1.165, 1.54) is 40.5 Å². The van der Waals surface area contributed by atoms with E-state index in [1.807, 2.05) is 23.6 Å². The molecule has 0 spiro atoms. The zero-order valence-electron chi connectivity index (χ0n) is 19.4. The molecule has 2 heterocycles. The Hall–Kier alpha value is -3.42. The maximum Gasteiger partial charge on any atom is 0.227 e. The van der Waals surface area contributed by atoms with Crippen molar-refractivity contribution in [1.29, 1.82) is 0 Å². The molecule has 6 nitrogen and oxygen atoms in total. The smallest absolute Gasteiger partial charge is 0.227 e. The van der Waals surface area contributed by atoms with Crippen LogP contribution in [0.15, 0.2) is 66.0 Å². The predicted octanol–water partition coefficient (Wildman–Crippen LogP) is 5.73. The number of carbonyl (C=O) groups is 1. The van der Waals surface area contributed by atoms with Crippen LogP contribution in [-0.2, 0) is 11.3 Å². The molecular weight excluding hydrogens is 458 g/mol. The number of ether oxygens (including phenoxy) is 2. The van der Waals surface area contributed by atoms with Crippen LogP contribution in [0.5, 0.6) is 11.5 Å². The summed E-state index contributed by atoms with van der Waals surface area (Å²) in [4.78, 5) is 19.8. The summed E-state index contributed by atoms with van der Waals surface area (Å²) < 4.78 is 11.3. The van der Waals surface area contributed by atoms with Crippen LogP contribution in [0, 0.1) is 0 Å². The van der Waals surface area contributed by atoms with Gasteiger partial charge in [0.2, 0.25) is 5.91 Å². The minimum atomic E-state index is -0.00311. The SMILES string of the molecule is O=C(CCN(Cc1cccc2ccccc12)C1CC1)Nc1nc(-c2ccc3c(c2)OCCO3)cs1. The maximum atomic E-state index is 12.8. The Morgan fingerprint density at radius 3 is 2.74 bits per heavy atom. The number of rotatable bonds is 8. The molecule has 1 aliphatic heterocycles. The second-order valence-electron chi connectivity index (χ2n) is 9.03. The van der Waals surface area contributed by atoms with Crippen molar-refractivity contribution in [3.05, 3.63) is 71.6 Å². The van der Waals surface area contributed by atoms with Gasteiger partial charge in [0.25, 0.3) is 0 Å². The Balaban J connectivity index is 1.08. The highest BCUT2D eigenvalue weighted by Crippen LogP contribution is 2.35. The number of anilines is 1. The Labute approximate surface area is 208 Å². The molecule has 0 saturated heterocycles. The van der Waals surface area contributed by atoms with Crippen molar-refractivity contribution in [2.75, 3.05) is 25.1 Å². The lowest BCUT2D eigenvalue weighted by Gasteiger charge is -2.22. The fraction of sp³-hybridized carbons (Fsp3) is 0.286. The molecule has 178 valence electrons. The van der Waals surface area contributed by atoms with Gasteiger partial charge in [-0.1, -0.05) is 42.5 Å². The van der Waals surface area contributed by atoms with Crippen LogP contribution < -0.4 is 14.8 Å². The number of nitrogens with zero attached hydrogens (tertiary/aromatic N) is 2. The fourth-order valence-corrected chi connectivity index (χ4v) is 5.31. The van der Waals surface area contributed by atoms with Crippen molar-refractivity contribution >= 4 is 33.1 Å². The van der Waals surface area contributed by atoms with Crippen LogP contribution in [0.25, 0.3) is 22.0 Å². The molecule has 6 rings (SSSR count). The minimum Gasteiger partial charge on any atom is -0.486 e. The van der Waals surface area contributed by atoms with E-state index in [2.05, 4.69) is 57.7 Å². The van der Waals surface area contributed by atoms with Gasteiger partial charge in [0.05, 0.1) is 5.69 Å². The molecule has 4 aromatic rings. The molecule has 3 aromatic carbocycles. The molecule has 1 aliphatic carbocycles. The van der Waals surface area contributed by atoms with Crippen LogP contribution >= 0.6 is 11.3 Å². The minimum absolute atomic E-state index is 0.00311. The number of hydrogen-bond donors (Lipinski definition) is 1. The molecular formula is C28H27N3O3S. The summed E-state index contributed by atoms with van der Waals surface area (Å²) in [6.45, 7) is 2.72. The normalized spacial score (nSPS) is 14.9. The summed E-state index contributed by atoms with van der Waals surface area (Å²) in [5.74, 6) is 1.49. The van der Waals surface area contributed by atoms with Gasteiger partial charge < -0.3 is 14.8 Å². The fourth-order valence-electron chi connectivity index (χ4n) is 4.57. The number of benzene rings is 3. The number of carbonyl (C=O) groups excluding carboxylic acids is 1. The van der Waals surface area contributed by atoms with Crippen LogP contribution in [0.4, 0.5) is 5.13 Å². The average molecular weight is 486 g/mol. The number of fused-ring (bicyclic) bond motifs is 2. The van der Waals surface area contributed by atoms with Gasteiger partial charge in [0.1, 0.15) is 13.2 Å². The number of amides is 1. The van der Waals surface area contributed by atoms with Gasteiger partial charge in [0, 0.05) is 36.5 Å². The Morgan fingerprint density at radius 2 is 1.86 bits per heavy atom. The van der Waals surface area contributed by atoms with Crippen molar-refractivity contribution in [1.82, 2.24) is 9.88 Å². The summed E-state index contributed by atoms with van der Waals surface area (Å²) >= 11 is 1.44. The van der Waals surface area contributed by atoms with E-state index in [4.69, 9.17) is 9.47 Å². The number of nitrogens with one attached hydrogen (secondary N) is 1. The molecule has 2 aliphatic rings. The summed E-state index contributed by atoms with van der Waals surface area (Å²) in [5.41, 5.74) is 3.08. The molecule has 0 radical (unpaired) electrons. The lowest BCUT2D eigenvalue weighted by Crippen LogP contribution is -2.29. The van der Waals surface area contributed by atoms with Crippen LogP contribution in [0.2, 0.25) is 0 Å². The molecule has 1 amide bonds. The summed E-state index contributed by atoms with van der Waals surface area (Å²) in [6.07, 6.45) is 2.86. The van der Waals surface area contributed by atoms with Crippen molar-refractivity contribution in [2.24, 2.45) is 0 Å². The molecule has 1 fully saturated rings. The van der Waals surface area contributed by atoms with E-state index in [1.54, 1.807) is 0 Å². The van der Waals surface area contributed by atoms with Crippen LogP contribution in [-0.4, -0.2) is 41.6 Å². The molecule has 0 atom stereocenters. The van der Waals surface area contributed by atoms with Crippen molar-refractivity contribution < 1.29 is 14.3 Å². The van der Waals surface area contributed by atoms with Crippen molar-refractivity contribution in [2.45, 2.75) is 31.8 Å². The molecule has 1 N–H and O–H groups in total. The highest BCUT2D eigenvalue weighted by atomic mass is 32.1. The van der Waals surface area contributed by atoms with E-state index in [9.17, 15) is 4.79 Å². The Morgan fingerprint density at radius 1 is 1.03 bits per heavy atom. The first kappa shape index (κ1) is 22.1. The zero-order valence-corrected chi connectivity index (χ0v) is 20.2. The number of thiazole rings is 1. The average Bonchev–Trinajstić information content (AvgIpc) is 3.64. The molecule has 7 heteroatoms. The van der Waals surface area contributed by atoms with E-state index >= 15 is 0 Å². The lowest BCUT2D eigenvalue weighted by atomic mass is 10.0. The molecule has 0 bridgehead atoms. The highest BCUT2D eigenvalue weighted by molar-refractivity contribution is 7.14. The van der Waals surface area contributed by atoms with E-state index < -0.39 is 0 Å².